The molecular weight excluding hydrogens is 410 g/mol. The number of anilines is 1. The highest BCUT2D eigenvalue weighted by atomic mass is 16.6. The lowest BCUT2D eigenvalue weighted by Crippen LogP contribution is -2.12. The number of nitro groups is 2. The van der Waals surface area contributed by atoms with Crippen LogP contribution in [0.3, 0.4) is 0 Å². The Morgan fingerprint density at radius 2 is 1.81 bits per heavy atom. The number of methoxy groups -OCH3 is 1. The maximum absolute atomic E-state index is 12.4. The molecule has 3 aromatic rings. The van der Waals surface area contributed by atoms with Gasteiger partial charge in [0.25, 0.3) is 11.6 Å². The van der Waals surface area contributed by atoms with Crippen molar-refractivity contribution in [3.05, 3.63) is 85.8 Å². The van der Waals surface area contributed by atoms with Crippen LogP contribution < -0.4 is 14.8 Å². The standard InChI is InChI=1S/C20H17N3O8/c1-12-3-7-17(16(9-12)23(27)28)30-11-14-5-8-18(31-14)20(24)21-15-6-4-13(22(25)26)10-19(15)29-2/h3-10H,11H2,1-2H3,(H,21,24). The number of carbonyl (C=O) groups is 1. The third-order valence-corrected chi connectivity index (χ3v) is 4.21. The Hall–Kier alpha value is -4.41. The summed E-state index contributed by atoms with van der Waals surface area (Å²) >= 11 is 0. The molecule has 0 saturated heterocycles. The van der Waals surface area contributed by atoms with Crippen LogP contribution in [0.2, 0.25) is 0 Å². The average molecular weight is 427 g/mol. The predicted octanol–water partition coefficient (Wildman–Crippen LogP) is 4.24. The molecule has 0 unspecified atom stereocenters. The number of rotatable bonds is 8. The van der Waals surface area contributed by atoms with Gasteiger partial charge in [0, 0.05) is 12.1 Å². The molecule has 0 spiro atoms. The van der Waals surface area contributed by atoms with Gasteiger partial charge in [0.1, 0.15) is 18.1 Å². The number of amides is 1. The van der Waals surface area contributed by atoms with E-state index in [4.69, 9.17) is 13.9 Å². The Balaban J connectivity index is 1.69. The van der Waals surface area contributed by atoms with E-state index >= 15 is 0 Å². The zero-order valence-corrected chi connectivity index (χ0v) is 16.5. The first-order chi connectivity index (χ1) is 14.8. The Bertz CT molecular complexity index is 1160. The minimum atomic E-state index is -0.611. The van der Waals surface area contributed by atoms with Crippen LogP contribution in [-0.4, -0.2) is 22.9 Å². The number of benzene rings is 2. The number of aryl methyl sites for hydroxylation is 1. The van der Waals surface area contributed by atoms with Crippen LogP contribution in [0.15, 0.2) is 52.9 Å². The third kappa shape index (κ3) is 4.96. The Labute approximate surface area is 175 Å². The van der Waals surface area contributed by atoms with Crippen LogP contribution in [0.5, 0.6) is 11.5 Å². The third-order valence-electron chi connectivity index (χ3n) is 4.21. The number of hydrogen-bond donors (Lipinski definition) is 1. The highest BCUT2D eigenvalue weighted by Crippen LogP contribution is 2.30. The molecule has 1 amide bonds. The number of nitrogens with one attached hydrogen (secondary N) is 1. The fraction of sp³-hybridized carbons (Fsp3) is 0.150. The minimum absolute atomic E-state index is 0.0441. The Morgan fingerprint density at radius 1 is 1.03 bits per heavy atom. The predicted molar refractivity (Wildman–Crippen MR) is 108 cm³/mol. The molecule has 0 fully saturated rings. The van der Waals surface area contributed by atoms with E-state index in [2.05, 4.69) is 5.32 Å². The number of furan rings is 1. The molecule has 0 bridgehead atoms. The van der Waals surface area contributed by atoms with Gasteiger partial charge in [-0.25, -0.2) is 0 Å². The van der Waals surface area contributed by atoms with E-state index in [1.165, 1.54) is 49.6 Å². The van der Waals surface area contributed by atoms with Crippen molar-refractivity contribution in [1.29, 1.82) is 0 Å². The molecule has 0 aliphatic heterocycles. The van der Waals surface area contributed by atoms with Crippen molar-refractivity contribution in [2.45, 2.75) is 13.5 Å². The molecule has 2 aromatic carbocycles. The minimum Gasteiger partial charge on any atom is -0.494 e. The zero-order chi connectivity index (χ0) is 22.5. The van der Waals surface area contributed by atoms with Crippen LogP contribution in [-0.2, 0) is 6.61 Å². The number of nitrogens with zero attached hydrogens (tertiary/aromatic N) is 2. The fourth-order valence-corrected chi connectivity index (χ4v) is 2.70. The highest BCUT2D eigenvalue weighted by Gasteiger charge is 2.18. The van der Waals surface area contributed by atoms with Gasteiger partial charge < -0.3 is 19.2 Å². The van der Waals surface area contributed by atoms with E-state index < -0.39 is 15.8 Å². The first kappa shape index (κ1) is 21.3. The molecule has 11 heteroatoms. The van der Waals surface area contributed by atoms with Crippen molar-refractivity contribution < 1.29 is 28.5 Å². The van der Waals surface area contributed by atoms with Crippen molar-refractivity contribution in [2.75, 3.05) is 12.4 Å². The number of nitro benzene ring substituents is 2. The molecule has 31 heavy (non-hydrogen) atoms. The van der Waals surface area contributed by atoms with Gasteiger partial charge in [-0.2, -0.15) is 0 Å². The van der Waals surface area contributed by atoms with Crippen molar-refractivity contribution >= 4 is 23.0 Å². The molecule has 0 saturated carbocycles. The highest BCUT2D eigenvalue weighted by molar-refractivity contribution is 6.03. The monoisotopic (exact) mass is 427 g/mol. The smallest absolute Gasteiger partial charge is 0.311 e. The maximum Gasteiger partial charge on any atom is 0.311 e. The van der Waals surface area contributed by atoms with Gasteiger partial charge in [0.05, 0.1) is 28.7 Å². The van der Waals surface area contributed by atoms with Gasteiger partial charge in [0.15, 0.2) is 11.5 Å². The molecule has 1 heterocycles. The van der Waals surface area contributed by atoms with E-state index in [0.29, 0.717) is 0 Å². The summed E-state index contributed by atoms with van der Waals surface area (Å²) in [5, 5.41) is 24.6. The van der Waals surface area contributed by atoms with Crippen LogP contribution in [0, 0.1) is 27.2 Å². The van der Waals surface area contributed by atoms with Gasteiger partial charge >= 0.3 is 5.69 Å². The van der Waals surface area contributed by atoms with Crippen LogP contribution in [0.1, 0.15) is 21.9 Å². The van der Waals surface area contributed by atoms with Gasteiger partial charge in [-0.3, -0.25) is 25.0 Å². The summed E-state index contributed by atoms with van der Waals surface area (Å²) in [5.74, 6) is -0.189. The zero-order valence-electron chi connectivity index (χ0n) is 16.5. The van der Waals surface area contributed by atoms with Crippen molar-refractivity contribution in [3.8, 4) is 11.5 Å². The molecule has 3 rings (SSSR count). The lowest BCUT2D eigenvalue weighted by atomic mass is 10.2. The van der Waals surface area contributed by atoms with Crippen LogP contribution in [0.25, 0.3) is 0 Å². The molecule has 0 aliphatic carbocycles. The molecule has 0 atom stereocenters. The second-order valence-corrected chi connectivity index (χ2v) is 6.38. The largest absolute Gasteiger partial charge is 0.494 e. The van der Waals surface area contributed by atoms with Crippen molar-refractivity contribution in [3.63, 3.8) is 0 Å². The van der Waals surface area contributed by atoms with Gasteiger partial charge in [-0.1, -0.05) is 6.07 Å². The molecule has 0 radical (unpaired) electrons. The Kier molecular flexibility index (Phi) is 6.15. The fourth-order valence-electron chi connectivity index (χ4n) is 2.70. The Morgan fingerprint density at radius 3 is 2.48 bits per heavy atom. The van der Waals surface area contributed by atoms with E-state index in [9.17, 15) is 25.0 Å². The number of hydrogen-bond acceptors (Lipinski definition) is 8. The van der Waals surface area contributed by atoms with E-state index in [-0.39, 0.29) is 46.7 Å². The first-order valence-corrected chi connectivity index (χ1v) is 8.89. The van der Waals surface area contributed by atoms with Gasteiger partial charge in [-0.15, -0.1) is 0 Å². The molecular formula is C20H17N3O8. The van der Waals surface area contributed by atoms with Crippen molar-refractivity contribution in [2.24, 2.45) is 0 Å². The summed E-state index contributed by atoms with van der Waals surface area (Å²) in [6, 6.07) is 11.2. The number of ether oxygens (including phenoxy) is 2. The molecule has 0 aliphatic rings. The summed E-state index contributed by atoms with van der Waals surface area (Å²) in [6.45, 7) is 1.60. The summed E-state index contributed by atoms with van der Waals surface area (Å²) in [4.78, 5) is 33.4. The van der Waals surface area contributed by atoms with Gasteiger partial charge in [-0.05, 0) is 36.8 Å². The number of non-ortho nitro benzene ring substituents is 1. The summed E-state index contributed by atoms with van der Waals surface area (Å²) in [7, 11) is 1.32. The first-order valence-electron chi connectivity index (χ1n) is 8.89. The van der Waals surface area contributed by atoms with E-state index in [1.807, 2.05) is 0 Å². The van der Waals surface area contributed by atoms with E-state index in [1.54, 1.807) is 13.0 Å². The second-order valence-electron chi connectivity index (χ2n) is 6.38. The topological polar surface area (TPSA) is 147 Å². The van der Waals surface area contributed by atoms with E-state index in [0.717, 1.165) is 5.56 Å². The SMILES string of the molecule is COc1cc([N+](=O)[O-])ccc1NC(=O)c1ccc(COc2ccc(C)cc2[N+](=O)[O-])o1. The second kappa shape index (κ2) is 8.95. The molecule has 11 nitrogen and oxygen atoms in total. The molecule has 1 N–H and O–H groups in total. The lowest BCUT2D eigenvalue weighted by molar-refractivity contribution is -0.386. The number of carbonyl (C=O) groups excluding carboxylic acids is 1. The normalized spacial score (nSPS) is 10.4. The average Bonchev–Trinajstić information content (AvgIpc) is 3.22. The lowest BCUT2D eigenvalue weighted by Gasteiger charge is -2.09. The summed E-state index contributed by atoms with van der Waals surface area (Å²) in [5.41, 5.74) is 0.590. The molecule has 1 aromatic heterocycles. The van der Waals surface area contributed by atoms with Gasteiger partial charge in [0.2, 0.25) is 0 Å². The van der Waals surface area contributed by atoms with Crippen LogP contribution >= 0.6 is 0 Å². The maximum atomic E-state index is 12.4. The summed E-state index contributed by atoms with van der Waals surface area (Å²) in [6.07, 6.45) is 0. The molecule has 160 valence electrons. The quantitative estimate of drug-likeness (QED) is 0.414. The van der Waals surface area contributed by atoms with Crippen molar-refractivity contribution in [1.82, 2.24) is 0 Å². The summed E-state index contributed by atoms with van der Waals surface area (Å²) < 4.78 is 16.0. The van der Waals surface area contributed by atoms with Crippen LogP contribution in [0.4, 0.5) is 17.1 Å².